The third-order valence-electron chi connectivity index (χ3n) is 6.38. The molecule has 1 amide bonds. The van der Waals surface area contributed by atoms with Crippen LogP contribution in [0.15, 0.2) is 6.20 Å². The standard InChI is InChI=1S/C21H33N5O/c1-16-5-3-8-25(12-16)15-20(27)26-9-4-6-17(14-26)21-22-11-18-13-24(2)10-7-19(18)23-21/h11,16-17H,3-10,12-15H2,1-2H3/t16-,17+/m1/s1. The number of carbonyl (C=O) groups is 1. The van der Waals surface area contributed by atoms with Gasteiger partial charge in [-0.25, -0.2) is 9.97 Å². The van der Waals surface area contributed by atoms with Crippen molar-refractivity contribution in [1.82, 2.24) is 24.7 Å². The van der Waals surface area contributed by atoms with Crippen LogP contribution in [0.5, 0.6) is 0 Å². The minimum absolute atomic E-state index is 0.285. The van der Waals surface area contributed by atoms with E-state index in [1.54, 1.807) is 0 Å². The average Bonchev–Trinajstić information content (AvgIpc) is 2.67. The molecule has 0 spiro atoms. The van der Waals surface area contributed by atoms with Gasteiger partial charge < -0.3 is 9.80 Å². The number of amides is 1. The Morgan fingerprint density at radius 3 is 2.89 bits per heavy atom. The zero-order chi connectivity index (χ0) is 18.8. The zero-order valence-electron chi connectivity index (χ0n) is 16.9. The van der Waals surface area contributed by atoms with Crippen LogP contribution in [0.4, 0.5) is 0 Å². The summed E-state index contributed by atoms with van der Waals surface area (Å²) in [6.07, 6.45) is 7.67. The van der Waals surface area contributed by atoms with Crippen LogP contribution in [0.1, 0.15) is 55.6 Å². The van der Waals surface area contributed by atoms with Gasteiger partial charge in [-0.1, -0.05) is 6.92 Å². The van der Waals surface area contributed by atoms with E-state index < -0.39 is 0 Å². The van der Waals surface area contributed by atoms with Crippen molar-refractivity contribution in [2.24, 2.45) is 5.92 Å². The van der Waals surface area contributed by atoms with Gasteiger partial charge in [-0.3, -0.25) is 9.69 Å². The lowest BCUT2D eigenvalue weighted by Gasteiger charge is -2.36. The molecule has 3 aliphatic rings. The maximum absolute atomic E-state index is 12.9. The first-order valence-electron chi connectivity index (χ1n) is 10.6. The second kappa shape index (κ2) is 8.23. The molecule has 1 aromatic heterocycles. The van der Waals surface area contributed by atoms with Gasteiger partial charge in [0.05, 0.1) is 6.54 Å². The summed E-state index contributed by atoms with van der Waals surface area (Å²) in [6, 6.07) is 0. The molecule has 0 radical (unpaired) electrons. The monoisotopic (exact) mass is 371 g/mol. The van der Waals surface area contributed by atoms with Gasteiger partial charge in [0.1, 0.15) is 5.82 Å². The number of likely N-dealkylation sites (N-methyl/N-ethyl adjacent to an activating group) is 1. The summed E-state index contributed by atoms with van der Waals surface area (Å²) >= 11 is 0. The van der Waals surface area contributed by atoms with Crippen LogP contribution in [0.25, 0.3) is 0 Å². The van der Waals surface area contributed by atoms with E-state index in [4.69, 9.17) is 4.98 Å². The number of carbonyl (C=O) groups excluding carboxylic acids is 1. The molecule has 4 rings (SSSR count). The highest BCUT2D eigenvalue weighted by Gasteiger charge is 2.29. The number of fused-ring (bicyclic) bond motifs is 1. The molecule has 0 bridgehead atoms. The smallest absolute Gasteiger partial charge is 0.236 e. The molecule has 0 N–H and O–H groups in total. The third kappa shape index (κ3) is 4.49. The normalized spacial score (nSPS) is 27.4. The molecule has 2 saturated heterocycles. The van der Waals surface area contributed by atoms with E-state index >= 15 is 0 Å². The lowest BCUT2D eigenvalue weighted by molar-refractivity contribution is -0.134. The lowest BCUT2D eigenvalue weighted by Crippen LogP contribution is -2.47. The number of rotatable bonds is 3. The lowest BCUT2D eigenvalue weighted by atomic mass is 9.96. The molecule has 0 aromatic carbocycles. The van der Waals surface area contributed by atoms with E-state index in [1.165, 1.54) is 24.1 Å². The Labute approximate surface area is 162 Å². The molecule has 1 aromatic rings. The van der Waals surface area contributed by atoms with Crippen LogP contribution in [0.3, 0.4) is 0 Å². The number of aromatic nitrogens is 2. The van der Waals surface area contributed by atoms with Gasteiger partial charge in [-0.05, 0) is 45.2 Å². The quantitative estimate of drug-likeness (QED) is 0.812. The Kier molecular flexibility index (Phi) is 5.74. The maximum atomic E-state index is 12.9. The minimum atomic E-state index is 0.285. The summed E-state index contributed by atoms with van der Waals surface area (Å²) in [6.45, 7) is 8.66. The van der Waals surface area contributed by atoms with Gasteiger partial charge in [0.2, 0.25) is 5.91 Å². The van der Waals surface area contributed by atoms with Gasteiger partial charge in [-0.15, -0.1) is 0 Å². The Bertz CT molecular complexity index is 679. The zero-order valence-corrected chi connectivity index (χ0v) is 16.9. The summed E-state index contributed by atoms with van der Waals surface area (Å²) < 4.78 is 0. The highest BCUT2D eigenvalue weighted by Crippen LogP contribution is 2.26. The first kappa shape index (κ1) is 18.8. The number of likely N-dealkylation sites (tertiary alicyclic amines) is 2. The van der Waals surface area contributed by atoms with Crippen molar-refractivity contribution in [2.75, 3.05) is 46.3 Å². The third-order valence-corrected chi connectivity index (χ3v) is 6.38. The summed E-state index contributed by atoms with van der Waals surface area (Å²) in [5.74, 6) is 2.23. The Balaban J connectivity index is 1.38. The van der Waals surface area contributed by atoms with Gasteiger partial charge in [0.15, 0.2) is 0 Å². The van der Waals surface area contributed by atoms with Crippen molar-refractivity contribution in [2.45, 2.75) is 51.5 Å². The molecule has 4 heterocycles. The molecule has 6 heteroatoms. The summed E-state index contributed by atoms with van der Waals surface area (Å²) in [5.41, 5.74) is 2.47. The van der Waals surface area contributed by atoms with Crippen LogP contribution >= 0.6 is 0 Å². The number of piperidine rings is 2. The molecular formula is C21H33N5O. The van der Waals surface area contributed by atoms with Gasteiger partial charge >= 0.3 is 0 Å². The fourth-order valence-corrected chi connectivity index (χ4v) is 4.81. The first-order chi connectivity index (χ1) is 13.1. The Hall–Kier alpha value is -1.53. The Morgan fingerprint density at radius 1 is 1.19 bits per heavy atom. The van der Waals surface area contributed by atoms with Crippen molar-refractivity contribution in [3.63, 3.8) is 0 Å². The highest BCUT2D eigenvalue weighted by molar-refractivity contribution is 5.78. The van der Waals surface area contributed by atoms with E-state index in [-0.39, 0.29) is 11.8 Å². The molecular weight excluding hydrogens is 338 g/mol. The number of hydrogen-bond donors (Lipinski definition) is 0. The molecule has 6 nitrogen and oxygen atoms in total. The summed E-state index contributed by atoms with van der Waals surface area (Å²) in [7, 11) is 2.14. The fourth-order valence-electron chi connectivity index (χ4n) is 4.81. The Morgan fingerprint density at radius 2 is 2.04 bits per heavy atom. The average molecular weight is 372 g/mol. The minimum Gasteiger partial charge on any atom is -0.341 e. The van der Waals surface area contributed by atoms with Crippen LogP contribution < -0.4 is 0 Å². The first-order valence-corrected chi connectivity index (χ1v) is 10.6. The second-order valence-corrected chi connectivity index (χ2v) is 8.85. The molecule has 27 heavy (non-hydrogen) atoms. The predicted octanol–water partition coefficient (Wildman–Crippen LogP) is 1.90. The van der Waals surface area contributed by atoms with Crippen molar-refractivity contribution in [3.05, 3.63) is 23.3 Å². The van der Waals surface area contributed by atoms with Gasteiger partial charge in [-0.2, -0.15) is 0 Å². The van der Waals surface area contributed by atoms with E-state index in [0.29, 0.717) is 12.5 Å². The van der Waals surface area contributed by atoms with E-state index in [0.717, 1.165) is 64.4 Å². The fraction of sp³-hybridized carbons (Fsp3) is 0.762. The molecule has 0 saturated carbocycles. The van der Waals surface area contributed by atoms with Crippen molar-refractivity contribution in [1.29, 1.82) is 0 Å². The van der Waals surface area contributed by atoms with Crippen molar-refractivity contribution < 1.29 is 4.79 Å². The number of hydrogen-bond acceptors (Lipinski definition) is 5. The van der Waals surface area contributed by atoms with Crippen molar-refractivity contribution in [3.8, 4) is 0 Å². The highest BCUT2D eigenvalue weighted by atomic mass is 16.2. The van der Waals surface area contributed by atoms with E-state index in [1.807, 2.05) is 6.20 Å². The topological polar surface area (TPSA) is 52.6 Å². The molecule has 0 aliphatic carbocycles. The van der Waals surface area contributed by atoms with Crippen LogP contribution in [0, 0.1) is 5.92 Å². The SMILES string of the molecule is C[C@@H]1CCCN(CC(=O)N2CCC[C@H](c3ncc4c(n3)CCN(C)C4)C2)C1. The molecule has 148 valence electrons. The van der Waals surface area contributed by atoms with Gasteiger partial charge in [0.25, 0.3) is 0 Å². The van der Waals surface area contributed by atoms with E-state index in [9.17, 15) is 4.79 Å². The largest absolute Gasteiger partial charge is 0.341 e. The van der Waals surface area contributed by atoms with E-state index in [2.05, 4.69) is 33.7 Å². The second-order valence-electron chi connectivity index (χ2n) is 8.85. The van der Waals surface area contributed by atoms with Crippen LogP contribution in [-0.4, -0.2) is 76.9 Å². The molecule has 3 aliphatic heterocycles. The van der Waals surface area contributed by atoms with Gasteiger partial charge in [0, 0.05) is 62.5 Å². The maximum Gasteiger partial charge on any atom is 0.236 e. The van der Waals surface area contributed by atoms with Crippen molar-refractivity contribution >= 4 is 5.91 Å². The molecule has 2 fully saturated rings. The summed E-state index contributed by atoms with van der Waals surface area (Å²) in [5, 5.41) is 0. The number of nitrogens with zero attached hydrogens (tertiary/aromatic N) is 5. The summed E-state index contributed by atoms with van der Waals surface area (Å²) in [4.78, 5) is 29.2. The predicted molar refractivity (Wildman–Crippen MR) is 105 cm³/mol. The molecule has 2 atom stereocenters. The molecule has 0 unspecified atom stereocenters. The van der Waals surface area contributed by atoms with Crippen LogP contribution in [-0.2, 0) is 17.8 Å². The van der Waals surface area contributed by atoms with Crippen LogP contribution in [0.2, 0.25) is 0 Å².